The fraction of sp³-hybridized carbons (Fsp3) is 0.100. The lowest BCUT2D eigenvalue weighted by Crippen LogP contribution is -2.17. The van der Waals surface area contributed by atoms with Gasteiger partial charge in [-0.05, 0) is 12.1 Å². The molecule has 2 aromatic heterocycles. The van der Waals surface area contributed by atoms with Crippen LogP contribution in [-0.4, -0.2) is 64.2 Å². The Kier molecular flexibility index (Phi) is 6.77. The molecule has 38 heavy (non-hydrogen) atoms. The summed E-state index contributed by atoms with van der Waals surface area (Å²) in [5.41, 5.74) is -13.7. The number of alkyl halides is 6. The first-order valence-corrected chi connectivity index (χ1v) is 9.43. The van der Waals surface area contributed by atoms with Gasteiger partial charge in [-0.2, -0.15) is 26.3 Å². The molecule has 12 nitrogen and oxygen atoms in total. The van der Waals surface area contributed by atoms with Crippen molar-refractivity contribution in [3.8, 4) is 22.5 Å². The number of halogens is 6. The van der Waals surface area contributed by atoms with E-state index in [1.54, 1.807) is 0 Å². The van der Waals surface area contributed by atoms with Gasteiger partial charge < -0.3 is 20.4 Å². The number of rotatable bonds is 6. The zero-order valence-corrected chi connectivity index (χ0v) is 17.8. The summed E-state index contributed by atoms with van der Waals surface area (Å²) in [7, 11) is 0. The summed E-state index contributed by atoms with van der Waals surface area (Å²) >= 11 is 0. The third-order valence-electron chi connectivity index (χ3n) is 4.68. The first-order valence-electron chi connectivity index (χ1n) is 9.43. The average Bonchev–Trinajstić information content (AvgIpc) is 2.81. The zero-order chi connectivity index (χ0) is 28.7. The minimum Gasteiger partial charge on any atom is -0.476 e. The van der Waals surface area contributed by atoms with Crippen molar-refractivity contribution in [2.75, 3.05) is 0 Å². The van der Waals surface area contributed by atoms with Gasteiger partial charge in [-0.25, -0.2) is 39.1 Å². The Hall–Kier alpha value is -5.16. The van der Waals surface area contributed by atoms with Crippen LogP contribution in [0, 0.1) is 0 Å². The van der Waals surface area contributed by atoms with E-state index in [2.05, 4.69) is 19.9 Å². The Labute approximate surface area is 203 Å². The molecule has 0 aliphatic heterocycles. The Morgan fingerprint density at radius 3 is 1.08 bits per heavy atom. The maximum Gasteiger partial charge on any atom is 0.417 e. The third kappa shape index (κ3) is 5.18. The van der Waals surface area contributed by atoms with Crippen molar-refractivity contribution in [3.63, 3.8) is 0 Å². The second-order valence-electron chi connectivity index (χ2n) is 7.06. The van der Waals surface area contributed by atoms with Gasteiger partial charge in [0.15, 0.2) is 22.8 Å². The number of aromatic nitrogens is 4. The maximum absolute atomic E-state index is 14.0. The van der Waals surface area contributed by atoms with E-state index in [0.717, 1.165) is 0 Å². The molecule has 0 fully saturated rings. The van der Waals surface area contributed by atoms with Gasteiger partial charge >= 0.3 is 36.2 Å². The van der Waals surface area contributed by atoms with Gasteiger partial charge in [0.25, 0.3) is 0 Å². The predicted octanol–water partition coefficient (Wildman–Crippen LogP) is 3.43. The number of carboxylic acid groups (broad SMARTS) is 4. The molecule has 0 saturated heterocycles. The van der Waals surface area contributed by atoms with Gasteiger partial charge in [-0.15, -0.1) is 0 Å². The largest absolute Gasteiger partial charge is 0.476 e. The highest BCUT2D eigenvalue weighted by Crippen LogP contribution is 2.45. The molecule has 0 aliphatic carbocycles. The molecule has 0 saturated carbocycles. The molecule has 1 aromatic carbocycles. The number of hydrogen-bond acceptors (Lipinski definition) is 8. The lowest BCUT2D eigenvalue weighted by Gasteiger charge is -2.19. The van der Waals surface area contributed by atoms with E-state index >= 15 is 0 Å². The van der Waals surface area contributed by atoms with Gasteiger partial charge in [0.1, 0.15) is 0 Å². The molecule has 198 valence electrons. The van der Waals surface area contributed by atoms with Crippen molar-refractivity contribution in [3.05, 3.63) is 58.4 Å². The fourth-order valence-electron chi connectivity index (χ4n) is 3.14. The third-order valence-corrected chi connectivity index (χ3v) is 4.68. The molecule has 2 heterocycles. The van der Waals surface area contributed by atoms with Crippen molar-refractivity contribution in [2.24, 2.45) is 0 Å². The topological polar surface area (TPSA) is 201 Å². The van der Waals surface area contributed by atoms with Gasteiger partial charge in [-0.3, -0.25) is 0 Å². The quantitative estimate of drug-likeness (QED) is 0.329. The van der Waals surface area contributed by atoms with Gasteiger partial charge in [0.2, 0.25) is 0 Å². The van der Waals surface area contributed by atoms with Crippen LogP contribution in [0.2, 0.25) is 0 Å². The molecule has 0 spiro atoms. The standard InChI is InChI=1S/C20H8F6N4O8/c21-19(22,23)7-1-5(9-3-27-11(15(31)32)13(29-9)17(35)36)8(20(24,25)26)2-6(7)10-4-28-12(16(33)34)14(30-10)18(37)38/h1-4H,(H,31,32)(H,33,34)(H,35,36)(H,37,38). The monoisotopic (exact) mass is 546 g/mol. The highest BCUT2D eigenvalue weighted by atomic mass is 19.4. The summed E-state index contributed by atoms with van der Waals surface area (Å²) in [5, 5.41) is 36.3. The first kappa shape index (κ1) is 27.4. The summed E-state index contributed by atoms with van der Waals surface area (Å²) in [6.45, 7) is 0. The number of carbonyl (C=O) groups is 4. The smallest absolute Gasteiger partial charge is 0.417 e. The SMILES string of the molecule is O=C(O)c1ncc(-c2cc(C(F)(F)F)c(-c3cnc(C(=O)O)c(C(=O)O)n3)cc2C(F)(F)F)nc1C(=O)O. The number of nitrogens with zero attached hydrogens (tertiary/aromatic N) is 4. The van der Waals surface area contributed by atoms with Crippen molar-refractivity contribution in [2.45, 2.75) is 12.4 Å². The van der Waals surface area contributed by atoms with Crippen LogP contribution in [0.5, 0.6) is 0 Å². The summed E-state index contributed by atoms with van der Waals surface area (Å²) < 4.78 is 83.7. The minimum atomic E-state index is -5.44. The molecule has 0 unspecified atom stereocenters. The van der Waals surface area contributed by atoms with E-state index in [1.807, 2.05) is 0 Å². The summed E-state index contributed by atoms with van der Waals surface area (Å²) in [4.78, 5) is 57.9. The summed E-state index contributed by atoms with van der Waals surface area (Å²) in [5.74, 6) is -7.95. The summed E-state index contributed by atoms with van der Waals surface area (Å²) in [6, 6.07) is -0.192. The molecule has 3 rings (SSSR count). The molecule has 3 aromatic rings. The molecular formula is C20H8F6N4O8. The average molecular weight is 546 g/mol. The van der Waals surface area contributed by atoms with Crippen LogP contribution in [-0.2, 0) is 12.4 Å². The molecule has 0 atom stereocenters. The second-order valence-corrected chi connectivity index (χ2v) is 7.06. The Bertz CT molecular complexity index is 1410. The van der Waals surface area contributed by atoms with Crippen molar-refractivity contribution >= 4 is 23.9 Å². The Morgan fingerprint density at radius 2 is 0.842 bits per heavy atom. The Balaban J connectivity index is 2.44. The van der Waals surface area contributed by atoms with Crippen LogP contribution in [0.25, 0.3) is 22.5 Å². The number of aromatic carboxylic acids is 4. The van der Waals surface area contributed by atoms with E-state index in [9.17, 15) is 45.5 Å². The zero-order valence-electron chi connectivity index (χ0n) is 17.8. The fourth-order valence-corrected chi connectivity index (χ4v) is 3.14. The normalized spacial score (nSPS) is 11.7. The number of hydrogen-bond donors (Lipinski definition) is 4. The molecule has 0 radical (unpaired) electrons. The summed E-state index contributed by atoms with van der Waals surface area (Å²) in [6.07, 6.45) is -10.2. The van der Waals surface area contributed by atoms with Crippen LogP contribution in [0.15, 0.2) is 24.5 Å². The van der Waals surface area contributed by atoms with E-state index in [-0.39, 0.29) is 12.1 Å². The molecular weight excluding hydrogens is 538 g/mol. The van der Waals surface area contributed by atoms with Gasteiger partial charge in [-0.1, -0.05) is 0 Å². The number of carboxylic acids is 4. The lowest BCUT2D eigenvalue weighted by molar-refractivity contribution is -0.140. The van der Waals surface area contributed by atoms with Crippen LogP contribution in [0.4, 0.5) is 26.3 Å². The van der Waals surface area contributed by atoms with Crippen LogP contribution in [0.1, 0.15) is 53.1 Å². The maximum atomic E-state index is 14.0. The van der Waals surface area contributed by atoms with Crippen LogP contribution >= 0.6 is 0 Å². The molecule has 0 bridgehead atoms. The lowest BCUT2D eigenvalue weighted by atomic mass is 9.94. The van der Waals surface area contributed by atoms with E-state index in [4.69, 9.17) is 20.4 Å². The van der Waals surface area contributed by atoms with Crippen molar-refractivity contribution in [1.82, 2.24) is 19.9 Å². The van der Waals surface area contributed by atoms with Crippen molar-refractivity contribution in [1.29, 1.82) is 0 Å². The minimum absolute atomic E-state index is 0.0958. The van der Waals surface area contributed by atoms with E-state index in [1.165, 1.54) is 0 Å². The first-order chi connectivity index (χ1) is 17.4. The van der Waals surface area contributed by atoms with E-state index in [0.29, 0.717) is 12.4 Å². The highest BCUT2D eigenvalue weighted by molar-refractivity contribution is 6.00. The Morgan fingerprint density at radius 1 is 0.553 bits per heavy atom. The molecule has 0 aliphatic rings. The van der Waals surface area contributed by atoms with Gasteiger partial charge in [0, 0.05) is 11.1 Å². The van der Waals surface area contributed by atoms with Crippen LogP contribution in [0.3, 0.4) is 0 Å². The second kappa shape index (κ2) is 9.37. The molecule has 18 heteroatoms. The highest BCUT2D eigenvalue weighted by Gasteiger charge is 2.41. The predicted molar refractivity (Wildman–Crippen MR) is 106 cm³/mol. The van der Waals surface area contributed by atoms with E-state index < -0.39 is 92.6 Å². The van der Waals surface area contributed by atoms with Crippen LogP contribution < -0.4 is 0 Å². The van der Waals surface area contributed by atoms with Crippen molar-refractivity contribution < 1.29 is 65.9 Å². The number of benzene rings is 1. The molecule has 4 N–H and O–H groups in total. The van der Waals surface area contributed by atoms with Gasteiger partial charge in [0.05, 0.1) is 34.9 Å². The molecule has 0 amide bonds.